The van der Waals surface area contributed by atoms with Crippen molar-refractivity contribution in [3.63, 3.8) is 0 Å². The van der Waals surface area contributed by atoms with Crippen LogP contribution >= 0.6 is 15.9 Å². The van der Waals surface area contributed by atoms with Crippen molar-refractivity contribution in [2.24, 2.45) is 5.73 Å². The third kappa shape index (κ3) is 3.50. The molecule has 1 aromatic carbocycles. The predicted octanol–water partition coefficient (Wildman–Crippen LogP) is 1.96. The molecule has 0 saturated heterocycles. The zero-order chi connectivity index (χ0) is 12.1. The third-order valence-corrected chi connectivity index (χ3v) is 2.34. The summed E-state index contributed by atoms with van der Waals surface area (Å²) < 4.78 is 10.9. The van der Waals surface area contributed by atoms with Gasteiger partial charge in [-0.2, -0.15) is 0 Å². The number of rotatable bonds is 4. The molecule has 1 rings (SSSR count). The van der Waals surface area contributed by atoms with Crippen LogP contribution in [0.1, 0.15) is 17.3 Å². The highest BCUT2D eigenvalue weighted by molar-refractivity contribution is 9.10. The number of halogens is 1. The molecule has 0 saturated carbocycles. The normalized spacial score (nSPS) is 12.0. The Hall–Kier alpha value is -1.07. The molecule has 1 aromatic rings. The van der Waals surface area contributed by atoms with E-state index >= 15 is 0 Å². The lowest BCUT2D eigenvalue weighted by Gasteiger charge is -2.12. The molecule has 1 unspecified atom stereocenters. The molecule has 0 heterocycles. The van der Waals surface area contributed by atoms with E-state index in [1.165, 1.54) is 7.11 Å². The zero-order valence-electron chi connectivity index (χ0n) is 9.20. The Morgan fingerprint density at radius 2 is 2.25 bits per heavy atom. The van der Waals surface area contributed by atoms with Gasteiger partial charge < -0.3 is 15.2 Å². The first-order valence-corrected chi connectivity index (χ1v) is 5.60. The average Bonchev–Trinajstić information content (AvgIpc) is 2.25. The Bertz CT molecular complexity index is 379. The Morgan fingerprint density at radius 3 is 2.81 bits per heavy atom. The molecular weight excluding hydrogens is 274 g/mol. The predicted molar refractivity (Wildman–Crippen MR) is 64.6 cm³/mol. The number of carbonyl (C=O) groups is 1. The van der Waals surface area contributed by atoms with E-state index < -0.39 is 5.97 Å². The second kappa shape index (κ2) is 5.86. The number of methoxy groups -OCH3 is 1. The Labute approximate surface area is 103 Å². The van der Waals surface area contributed by atoms with Crippen LogP contribution in [0.2, 0.25) is 0 Å². The van der Waals surface area contributed by atoms with Gasteiger partial charge in [-0.1, -0.05) is 15.9 Å². The van der Waals surface area contributed by atoms with E-state index in [4.69, 9.17) is 10.5 Å². The van der Waals surface area contributed by atoms with Crippen molar-refractivity contribution >= 4 is 21.9 Å². The summed E-state index contributed by atoms with van der Waals surface area (Å²) in [5, 5.41) is 0. The van der Waals surface area contributed by atoms with Crippen LogP contribution in [0.15, 0.2) is 22.7 Å². The molecule has 0 aliphatic heterocycles. The number of carbonyl (C=O) groups excluding carboxylic acids is 1. The summed E-state index contributed by atoms with van der Waals surface area (Å²) in [5.41, 5.74) is 5.98. The summed E-state index contributed by atoms with van der Waals surface area (Å²) in [6, 6.07) is 5.02. The first-order chi connectivity index (χ1) is 7.54. The maximum atomic E-state index is 11.4. The lowest BCUT2D eigenvalue weighted by molar-refractivity contribution is 0.0595. The Morgan fingerprint density at radius 1 is 1.56 bits per heavy atom. The SMILES string of the molecule is COC(=O)c1ccc(Br)cc1OCC(C)N. The van der Waals surface area contributed by atoms with Gasteiger partial charge in [-0.05, 0) is 25.1 Å². The van der Waals surface area contributed by atoms with Gasteiger partial charge in [-0.3, -0.25) is 0 Å². The third-order valence-electron chi connectivity index (χ3n) is 1.85. The highest BCUT2D eigenvalue weighted by atomic mass is 79.9. The van der Waals surface area contributed by atoms with E-state index in [2.05, 4.69) is 20.7 Å². The molecule has 0 aliphatic rings. The van der Waals surface area contributed by atoms with Gasteiger partial charge in [0.2, 0.25) is 0 Å². The highest BCUT2D eigenvalue weighted by Gasteiger charge is 2.13. The second-order valence-corrected chi connectivity index (χ2v) is 4.34. The van der Waals surface area contributed by atoms with Crippen LogP contribution in [-0.4, -0.2) is 25.7 Å². The fourth-order valence-corrected chi connectivity index (χ4v) is 1.46. The zero-order valence-corrected chi connectivity index (χ0v) is 10.8. The fourth-order valence-electron chi connectivity index (χ4n) is 1.12. The van der Waals surface area contributed by atoms with Crippen LogP contribution in [-0.2, 0) is 4.74 Å². The molecule has 2 N–H and O–H groups in total. The van der Waals surface area contributed by atoms with Crippen LogP contribution in [0.25, 0.3) is 0 Å². The summed E-state index contributed by atoms with van der Waals surface area (Å²) in [6.07, 6.45) is 0. The molecule has 0 aromatic heterocycles. The quantitative estimate of drug-likeness (QED) is 0.860. The minimum atomic E-state index is -0.424. The van der Waals surface area contributed by atoms with Crippen LogP contribution < -0.4 is 10.5 Å². The molecule has 0 spiro atoms. The molecule has 4 nitrogen and oxygen atoms in total. The Kier molecular flexibility index (Phi) is 4.76. The summed E-state index contributed by atoms with van der Waals surface area (Å²) in [4.78, 5) is 11.4. The van der Waals surface area contributed by atoms with Crippen molar-refractivity contribution in [2.75, 3.05) is 13.7 Å². The molecule has 0 amide bonds. The van der Waals surface area contributed by atoms with Crippen molar-refractivity contribution in [2.45, 2.75) is 13.0 Å². The lowest BCUT2D eigenvalue weighted by Crippen LogP contribution is -2.24. The molecular formula is C11H14BrNO3. The van der Waals surface area contributed by atoms with Crippen molar-refractivity contribution in [3.05, 3.63) is 28.2 Å². The van der Waals surface area contributed by atoms with Crippen LogP contribution in [0.3, 0.4) is 0 Å². The van der Waals surface area contributed by atoms with Gasteiger partial charge in [0.1, 0.15) is 17.9 Å². The first kappa shape index (κ1) is 13.0. The lowest BCUT2D eigenvalue weighted by atomic mass is 10.2. The summed E-state index contributed by atoms with van der Waals surface area (Å²) in [6.45, 7) is 2.18. The van der Waals surface area contributed by atoms with Gasteiger partial charge in [0, 0.05) is 10.5 Å². The molecule has 0 radical (unpaired) electrons. The van der Waals surface area contributed by atoms with Gasteiger partial charge in [-0.15, -0.1) is 0 Å². The maximum Gasteiger partial charge on any atom is 0.341 e. The second-order valence-electron chi connectivity index (χ2n) is 3.42. The van der Waals surface area contributed by atoms with Crippen molar-refractivity contribution in [1.29, 1.82) is 0 Å². The molecule has 88 valence electrons. The summed E-state index contributed by atoms with van der Waals surface area (Å²) in [7, 11) is 1.33. The molecule has 1 atom stereocenters. The van der Waals surface area contributed by atoms with Crippen molar-refractivity contribution in [1.82, 2.24) is 0 Å². The largest absolute Gasteiger partial charge is 0.491 e. The van der Waals surface area contributed by atoms with Gasteiger partial charge in [0.05, 0.1) is 7.11 Å². The highest BCUT2D eigenvalue weighted by Crippen LogP contribution is 2.24. The summed E-state index contributed by atoms with van der Waals surface area (Å²) in [5.74, 6) is 0.0469. The molecule has 16 heavy (non-hydrogen) atoms. The van der Waals surface area contributed by atoms with Crippen LogP contribution in [0.5, 0.6) is 5.75 Å². The maximum absolute atomic E-state index is 11.4. The van der Waals surface area contributed by atoms with Crippen LogP contribution in [0, 0.1) is 0 Å². The smallest absolute Gasteiger partial charge is 0.341 e. The van der Waals surface area contributed by atoms with E-state index in [0.717, 1.165) is 4.47 Å². The van der Waals surface area contributed by atoms with E-state index in [1.54, 1.807) is 18.2 Å². The standard InChI is InChI=1S/C11H14BrNO3/c1-7(13)6-16-10-5-8(12)3-4-9(10)11(14)15-2/h3-5,7H,6,13H2,1-2H3. The molecule has 0 aliphatic carbocycles. The van der Waals surface area contributed by atoms with Gasteiger partial charge >= 0.3 is 5.97 Å². The number of nitrogens with two attached hydrogens (primary N) is 1. The van der Waals surface area contributed by atoms with Crippen molar-refractivity contribution in [3.8, 4) is 5.75 Å². The van der Waals surface area contributed by atoms with E-state index in [9.17, 15) is 4.79 Å². The van der Waals surface area contributed by atoms with Gasteiger partial charge in [0.25, 0.3) is 0 Å². The van der Waals surface area contributed by atoms with E-state index in [-0.39, 0.29) is 6.04 Å². The van der Waals surface area contributed by atoms with Crippen LogP contribution in [0.4, 0.5) is 0 Å². The minimum Gasteiger partial charge on any atom is -0.491 e. The number of benzene rings is 1. The van der Waals surface area contributed by atoms with Gasteiger partial charge in [0.15, 0.2) is 0 Å². The average molecular weight is 288 g/mol. The van der Waals surface area contributed by atoms with Gasteiger partial charge in [-0.25, -0.2) is 4.79 Å². The summed E-state index contributed by atoms with van der Waals surface area (Å²) >= 11 is 3.31. The number of ether oxygens (including phenoxy) is 2. The Balaban J connectivity index is 2.94. The molecule has 0 fully saturated rings. The first-order valence-electron chi connectivity index (χ1n) is 4.81. The number of esters is 1. The number of hydrogen-bond donors (Lipinski definition) is 1. The molecule has 0 bridgehead atoms. The fraction of sp³-hybridized carbons (Fsp3) is 0.364. The number of hydrogen-bond acceptors (Lipinski definition) is 4. The van der Waals surface area contributed by atoms with E-state index in [0.29, 0.717) is 17.9 Å². The monoisotopic (exact) mass is 287 g/mol. The van der Waals surface area contributed by atoms with E-state index in [1.807, 2.05) is 6.92 Å². The minimum absolute atomic E-state index is 0.0931. The van der Waals surface area contributed by atoms with Crippen molar-refractivity contribution < 1.29 is 14.3 Å². The topological polar surface area (TPSA) is 61.5 Å². The molecule has 5 heteroatoms.